The van der Waals surface area contributed by atoms with Crippen molar-refractivity contribution in [2.75, 3.05) is 12.0 Å². The first kappa shape index (κ1) is 14.5. The van der Waals surface area contributed by atoms with Crippen molar-refractivity contribution in [3.05, 3.63) is 29.3 Å². The molecule has 20 heavy (non-hydrogen) atoms. The summed E-state index contributed by atoms with van der Waals surface area (Å²) in [5.74, 6) is 5.65. The zero-order valence-corrected chi connectivity index (χ0v) is 12.5. The van der Waals surface area contributed by atoms with Crippen LogP contribution in [0, 0.1) is 13.8 Å². The minimum Gasteiger partial charge on any atom is -0.464 e. The number of aromatic nitrogens is 3. The Kier molecular flexibility index (Phi) is 4.75. The molecule has 0 radical (unpaired) electrons. The fourth-order valence-corrected chi connectivity index (χ4v) is 2.48. The Labute approximate surface area is 122 Å². The van der Waals surface area contributed by atoms with Crippen LogP contribution in [0.25, 0.3) is 0 Å². The van der Waals surface area contributed by atoms with Gasteiger partial charge in [0.2, 0.25) is 11.1 Å². The lowest BCUT2D eigenvalue weighted by atomic mass is 10.2. The van der Waals surface area contributed by atoms with Crippen LogP contribution >= 0.6 is 11.8 Å². The van der Waals surface area contributed by atoms with Gasteiger partial charge in [-0.15, -0.1) is 0 Å². The maximum atomic E-state index is 5.36. The standard InChI is InChI=1S/C13H17N5OS/c1-4-19-12-15-11(18-14)16-13(17-12)20-10-7-8(2)5-6-9(10)3/h5-7H,4,14H2,1-3H3,(H,15,16,17,18). The first-order valence-corrected chi connectivity index (χ1v) is 7.04. The average Bonchev–Trinajstić information content (AvgIpc) is 2.43. The van der Waals surface area contributed by atoms with Gasteiger partial charge in [0.25, 0.3) is 0 Å². The quantitative estimate of drug-likeness (QED) is 0.645. The predicted molar refractivity (Wildman–Crippen MR) is 78.8 cm³/mol. The van der Waals surface area contributed by atoms with Gasteiger partial charge < -0.3 is 4.74 Å². The van der Waals surface area contributed by atoms with Crippen LogP contribution in [-0.2, 0) is 0 Å². The molecule has 0 saturated carbocycles. The number of rotatable bonds is 5. The molecule has 2 aromatic rings. The van der Waals surface area contributed by atoms with Crippen molar-refractivity contribution in [3.63, 3.8) is 0 Å². The van der Waals surface area contributed by atoms with Crippen LogP contribution in [0.2, 0.25) is 0 Å². The van der Waals surface area contributed by atoms with Crippen LogP contribution in [0.3, 0.4) is 0 Å². The number of hydrogen-bond donors (Lipinski definition) is 2. The van der Waals surface area contributed by atoms with Crippen LogP contribution < -0.4 is 16.0 Å². The number of aryl methyl sites for hydroxylation is 2. The van der Waals surface area contributed by atoms with E-state index >= 15 is 0 Å². The molecule has 3 N–H and O–H groups in total. The van der Waals surface area contributed by atoms with E-state index in [9.17, 15) is 0 Å². The Hall–Kier alpha value is -1.86. The highest BCUT2D eigenvalue weighted by Crippen LogP contribution is 2.29. The minimum absolute atomic E-state index is 0.267. The summed E-state index contributed by atoms with van der Waals surface area (Å²) in [5, 5.41) is 0.546. The van der Waals surface area contributed by atoms with Gasteiger partial charge in [-0.25, -0.2) is 5.84 Å². The van der Waals surface area contributed by atoms with E-state index in [0.717, 1.165) is 4.90 Å². The van der Waals surface area contributed by atoms with E-state index in [2.05, 4.69) is 52.4 Å². The number of benzene rings is 1. The van der Waals surface area contributed by atoms with Crippen molar-refractivity contribution < 1.29 is 4.74 Å². The molecular formula is C13H17N5OS. The second-order valence-electron chi connectivity index (χ2n) is 4.17. The lowest BCUT2D eigenvalue weighted by Crippen LogP contribution is -2.12. The molecule has 0 bridgehead atoms. The summed E-state index contributed by atoms with van der Waals surface area (Å²) in [5.41, 5.74) is 4.78. The third-order valence-electron chi connectivity index (χ3n) is 2.54. The molecule has 1 heterocycles. The fourth-order valence-electron chi connectivity index (χ4n) is 1.56. The third-order valence-corrected chi connectivity index (χ3v) is 3.57. The van der Waals surface area contributed by atoms with Gasteiger partial charge in [0, 0.05) is 4.90 Å². The normalized spacial score (nSPS) is 10.4. The van der Waals surface area contributed by atoms with E-state index in [0.29, 0.717) is 11.8 Å². The molecule has 0 amide bonds. The molecule has 0 spiro atoms. The Balaban J connectivity index is 2.32. The Morgan fingerprint density at radius 3 is 2.75 bits per heavy atom. The molecule has 0 aliphatic carbocycles. The number of hydrogen-bond acceptors (Lipinski definition) is 7. The van der Waals surface area contributed by atoms with Crippen LogP contribution in [0.4, 0.5) is 5.95 Å². The summed E-state index contributed by atoms with van der Waals surface area (Å²) in [6.07, 6.45) is 0. The molecule has 0 atom stereocenters. The van der Waals surface area contributed by atoms with E-state index in [1.165, 1.54) is 22.9 Å². The topological polar surface area (TPSA) is 86.0 Å². The van der Waals surface area contributed by atoms with Crippen molar-refractivity contribution in [3.8, 4) is 6.01 Å². The number of nitrogen functional groups attached to an aromatic ring is 1. The van der Waals surface area contributed by atoms with Crippen molar-refractivity contribution in [2.45, 2.75) is 30.8 Å². The highest BCUT2D eigenvalue weighted by Gasteiger charge is 2.09. The van der Waals surface area contributed by atoms with Crippen LogP contribution in [0.5, 0.6) is 6.01 Å². The Morgan fingerprint density at radius 2 is 2.05 bits per heavy atom. The zero-order valence-electron chi connectivity index (χ0n) is 11.7. The van der Waals surface area contributed by atoms with Crippen molar-refractivity contribution >= 4 is 17.7 Å². The molecule has 106 valence electrons. The molecule has 0 unspecified atom stereocenters. The molecule has 1 aromatic carbocycles. The molecule has 2 rings (SSSR count). The summed E-state index contributed by atoms with van der Waals surface area (Å²) in [6, 6.07) is 6.51. The van der Waals surface area contributed by atoms with Crippen molar-refractivity contribution in [1.82, 2.24) is 15.0 Å². The van der Waals surface area contributed by atoms with Gasteiger partial charge in [-0.3, -0.25) is 5.43 Å². The highest BCUT2D eigenvalue weighted by atomic mass is 32.2. The Bertz CT molecular complexity index is 605. The fraction of sp³-hybridized carbons (Fsp3) is 0.308. The van der Waals surface area contributed by atoms with Gasteiger partial charge in [-0.1, -0.05) is 12.1 Å². The predicted octanol–water partition coefficient (Wildman–Crippen LogP) is 2.32. The summed E-state index contributed by atoms with van der Waals surface area (Å²) in [4.78, 5) is 13.6. The maximum absolute atomic E-state index is 5.36. The maximum Gasteiger partial charge on any atom is 0.322 e. The number of anilines is 1. The Morgan fingerprint density at radius 1 is 1.25 bits per heavy atom. The lowest BCUT2D eigenvalue weighted by molar-refractivity contribution is 0.308. The number of nitrogens with one attached hydrogen (secondary N) is 1. The van der Waals surface area contributed by atoms with Crippen LogP contribution in [0.15, 0.2) is 28.3 Å². The third kappa shape index (κ3) is 3.58. The van der Waals surface area contributed by atoms with E-state index in [4.69, 9.17) is 10.6 Å². The molecule has 7 heteroatoms. The highest BCUT2D eigenvalue weighted by molar-refractivity contribution is 7.99. The average molecular weight is 291 g/mol. The monoisotopic (exact) mass is 291 g/mol. The largest absolute Gasteiger partial charge is 0.464 e. The number of nitrogens with zero attached hydrogens (tertiary/aromatic N) is 3. The van der Waals surface area contributed by atoms with E-state index < -0.39 is 0 Å². The van der Waals surface area contributed by atoms with E-state index in [-0.39, 0.29) is 12.0 Å². The number of hydrazine groups is 1. The smallest absolute Gasteiger partial charge is 0.322 e. The van der Waals surface area contributed by atoms with Crippen molar-refractivity contribution in [1.29, 1.82) is 0 Å². The molecule has 0 saturated heterocycles. The first-order valence-electron chi connectivity index (χ1n) is 6.23. The molecule has 1 aromatic heterocycles. The summed E-state index contributed by atoms with van der Waals surface area (Å²) in [7, 11) is 0. The van der Waals surface area contributed by atoms with Gasteiger partial charge in [-0.05, 0) is 49.7 Å². The van der Waals surface area contributed by atoms with Gasteiger partial charge in [0.1, 0.15) is 0 Å². The summed E-state index contributed by atoms with van der Waals surface area (Å²) < 4.78 is 5.31. The lowest BCUT2D eigenvalue weighted by Gasteiger charge is -2.08. The number of ether oxygens (including phenoxy) is 1. The first-order chi connectivity index (χ1) is 9.62. The molecule has 0 aliphatic heterocycles. The van der Waals surface area contributed by atoms with E-state index in [1.54, 1.807) is 0 Å². The van der Waals surface area contributed by atoms with Gasteiger partial charge >= 0.3 is 6.01 Å². The second kappa shape index (κ2) is 6.53. The van der Waals surface area contributed by atoms with Gasteiger partial charge in [0.15, 0.2) is 0 Å². The minimum atomic E-state index is 0.267. The molecule has 6 nitrogen and oxygen atoms in total. The summed E-state index contributed by atoms with van der Waals surface area (Å²) >= 11 is 1.46. The van der Waals surface area contributed by atoms with Crippen molar-refractivity contribution in [2.24, 2.45) is 5.84 Å². The number of nitrogens with two attached hydrogens (primary N) is 1. The van der Waals surface area contributed by atoms with Gasteiger partial charge in [0.05, 0.1) is 6.61 Å². The SMILES string of the molecule is CCOc1nc(NN)nc(Sc2cc(C)ccc2C)n1. The van der Waals surface area contributed by atoms with Crippen LogP contribution in [-0.4, -0.2) is 21.6 Å². The van der Waals surface area contributed by atoms with Crippen LogP contribution in [0.1, 0.15) is 18.1 Å². The zero-order chi connectivity index (χ0) is 14.5. The van der Waals surface area contributed by atoms with E-state index in [1.807, 2.05) is 6.92 Å². The second-order valence-corrected chi connectivity index (χ2v) is 5.18. The van der Waals surface area contributed by atoms with Gasteiger partial charge in [-0.2, -0.15) is 15.0 Å². The molecular weight excluding hydrogens is 274 g/mol. The molecule has 0 aliphatic rings. The molecule has 0 fully saturated rings. The summed E-state index contributed by atoms with van der Waals surface area (Å²) in [6.45, 7) is 6.46.